The fourth-order valence-corrected chi connectivity index (χ4v) is 4.30. The zero-order valence-electron chi connectivity index (χ0n) is 13.4. The lowest BCUT2D eigenvalue weighted by molar-refractivity contribution is 0.150. The van der Waals surface area contributed by atoms with Crippen LogP contribution >= 0.6 is 11.8 Å². The van der Waals surface area contributed by atoms with Gasteiger partial charge in [0.05, 0.1) is 0 Å². The first kappa shape index (κ1) is 15.9. The van der Waals surface area contributed by atoms with E-state index < -0.39 is 0 Å². The van der Waals surface area contributed by atoms with Gasteiger partial charge in [-0.3, -0.25) is 4.90 Å². The molecular formula is C17H28N2S. The third kappa shape index (κ3) is 3.05. The second kappa shape index (κ2) is 6.50. The molecule has 0 bridgehead atoms. The maximum absolute atomic E-state index is 6.15. The van der Waals surface area contributed by atoms with Crippen LogP contribution in [0.15, 0.2) is 12.1 Å². The molecule has 1 aromatic carbocycles. The minimum absolute atomic E-state index is 0.354. The number of nitrogens with zero attached hydrogens (tertiary/aromatic N) is 1. The summed E-state index contributed by atoms with van der Waals surface area (Å²) >= 11 is 2.08. The number of aryl methyl sites for hydroxylation is 3. The van der Waals surface area contributed by atoms with Crippen LogP contribution in [0.5, 0.6) is 0 Å². The van der Waals surface area contributed by atoms with Gasteiger partial charge in [-0.15, -0.1) is 0 Å². The molecule has 0 spiro atoms. The lowest BCUT2D eigenvalue weighted by Gasteiger charge is -2.43. The van der Waals surface area contributed by atoms with Gasteiger partial charge in [0, 0.05) is 36.2 Å². The van der Waals surface area contributed by atoms with Crippen molar-refractivity contribution < 1.29 is 0 Å². The molecule has 1 saturated heterocycles. The molecule has 0 aromatic heterocycles. The van der Waals surface area contributed by atoms with Crippen molar-refractivity contribution in [1.29, 1.82) is 0 Å². The molecule has 1 aromatic rings. The first-order valence-corrected chi connectivity index (χ1v) is 8.65. The van der Waals surface area contributed by atoms with Gasteiger partial charge in [0.15, 0.2) is 0 Å². The average molecular weight is 292 g/mol. The molecule has 0 aliphatic carbocycles. The molecule has 1 aliphatic heterocycles. The van der Waals surface area contributed by atoms with E-state index in [2.05, 4.69) is 63.4 Å². The number of hydrogen-bond donors (Lipinski definition) is 1. The van der Waals surface area contributed by atoms with Crippen molar-refractivity contribution in [3.05, 3.63) is 34.4 Å². The third-order valence-electron chi connectivity index (χ3n) is 4.80. The van der Waals surface area contributed by atoms with Crippen molar-refractivity contribution in [3.8, 4) is 0 Å². The van der Waals surface area contributed by atoms with Crippen LogP contribution in [0.3, 0.4) is 0 Å². The Balaban J connectivity index is 2.34. The normalized spacial score (nSPS) is 25.7. The number of hydrogen-bond acceptors (Lipinski definition) is 3. The summed E-state index contributed by atoms with van der Waals surface area (Å²) in [6, 6.07) is 5.59. The zero-order chi connectivity index (χ0) is 14.9. The first-order chi connectivity index (χ1) is 9.45. The van der Waals surface area contributed by atoms with Crippen LogP contribution in [-0.2, 0) is 0 Å². The molecule has 1 aliphatic rings. The molecule has 20 heavy (non-hydrogen) atoms. The highest BCUT2D eigenvalue weighted by Gasteiger charge is 2.31. The fourth-order valence-electron chi connectivity index (χ4n) is 3.18. The second-order valence-electron chi connectivity index (χ2n) is 6.10. The molecule has 112 valence electrons. The largest absolute Gasteiger partial charge is 0.329 e. The molecule has 1 heterocycles. The van der Waals surface area contributed by atoms with E-state index in [-0.39, 0.29) is 0 Å². The van der Waals surface area contributed by atoms with Crippen molar-refractivity contribution in [3.63, 3.8) is 0 Å². The Morgan fingerprint density at radius 2 is 1.85 bits per heavy atom. The van der Waals surface area contributed by atoms with Crippen LogP contribution in [-0.4, -0.2) is 35.0 Å². The van der Waals surface area contributed by atoms with Crippen molar-refractivity contribution >= 4 is 11.8 Å². The van der Waals surface area contributed by atoms with Crippen LogP contribution in [0.4, 0.5) is 0 Å². The molecule has 2 rings (SSSR count). The maximum Gasteiger partial charge on any atom is 0.0476 e. The van der Waals surface area contributed by atoms with Crippen LogP contribution < -0.4 is 5.73 Å². The molecule has 2 N–H and O–H groups in total. The molecule has 1 fully saturated rings. The molecule has 0 saturated carbocycles. The molecule has 0 amide bonds. The summed E-state index contributed by atoms with van der Waals surface area (Å²) in [4.78, 5) is 2.61. The highest BCUT2D eigenvalue weighted by molar-refractivity contribution is 8.00. The van der Waals surface area contributed by atoms with Gasteiger partial charge in [0.25, 0.3) is 0 Å². The monoisotopic (exact) mass is 292 g/mol. The first-order valence-electron chi connectivity index (χ1n) is 7.60. The summed E-state index contributed by atoms with van der Waals surface area (Å²) in [5, 5.41) is 0.685. The van der Waals surface area contributed by atoms with Gasteiger partial charge < -0.3 is 5.73 Å². The molecule has 3 atom stereocenters. The fraction of sp³-hybridized carbons (Fsp3) is 0.647. The summed E-state index contributed by atoms with van der Waals surface area (Å²) in [7, 11) is 0. The number of nitrogens with two attached hydrogens (primary N) is 1. The highest BCUT2D eigenvalue weighted by Crippen LogP contribution is 2.33. The van der Waals surface area contributed by atoms with Gasteiger partial charge >= 0.3 is 0 Å². The van der Waals surface area contributed by atoms with Crippen molar-refractivity contribution in [2.24, 2.45) is 5.73 Å². The standard InChI is InChI=1S/C17H28N2S/c1-11-8-13(3)16(9-12(11)2)17(10-18)19-6-7-20-15(5)14(19)4/h8-9,14-15,17H,6-7,10,18H2,1-5H3. The number of thioether (sulfide) groups is 1. The number of benzene rings is 1. The van der Waals surface area contributed by atoms with Crippen molar-refractivity contribution in [2.75, 3.05) is 18.8 Å². The van der Waals surface area contributed by atoms with E-state index in [0.717, 1.165) is 6.54 Å². The smallest absolute Gasteiger partial charge is 0.0476 e. The van der Waals surface area contributed by atoms with Crippen LogP contribution in [0.2, 0.25) is 0 Å². The molecule has 3 heteroatoms. The van der Waals surface area contributed by atoms with Gasteiger partial charge in [-0.1, -0.05) is 19.1 Å². The quantitative estimate of drug-likeness (QED) is 0.925. The summed E-state index contributed by atoms with van der Waals surface area (Å²) in [5.41, 5.74) is 11.7. The van der Waals surface area contributed by atoms with E-state index in [1.54, 1.807) is 0 Å². The Labute approximate surface area is 128 Å². The lowest BCUT2D eigenvalue weighted by atomic mass is 9.94. The van der Waals surface area contributed by atoms with Gasteiger partial charge in [-0.2, -0.15) is 11.8 Å². The summed E-state index contributed by atoms with van der Waals surface area (Å²) in [5.74, 6) is 1.21. The van der Waals surface area contributed by atoms with Crippen LogP contribution in [0.25, 0.3) is 0 Å². The number of rotatable bonds is 3. The molecule has 0 radical (unpaired) electrons. The van der Waals surface area contributed by atoms with Crippen LogP contribution in [0.1, 0.15) is 42.1 Å². The highest BCUT2D eigenvalue weighted by atomic mass is 32.2. The Morgan fingerprint density at radius 3 is 2.50 bits per heavy atom. The lowest BCUT2D eigenvalue weighted by Crippen LogP contribution is -2.48. The van der Waals surface area contributed by atoms with Crippen molar-refractivity contribution in [2.45, 2.75) is 52.0 Å². The third-order valence-corrected chi connectivity index (χ3v) is 6.14. The minimum atomic E-state index is 0.354. The van der Waals surface area contributed by atoms with Crippen LogP contribution in [0, 0.1) is 20.8 Å². The Bertz CT molecular complexity index is 472. The second-order valence-corrected chi connectivity index (χ2v) is 7.58. The molecule has 2 nitrogen and oxygen atoms in total. The van der Waals surface area contributed by atoms with E-state index in [9.17, 15) is 0 Å². The minimum Gasteiger partial charge on any atom is -0.329 e. The zero-order valence-corrected chi connectivity index (χ0v) is 14.3. The van der Waals surface area contributed by atoms with E-state index in [1.165, 1.54) is 28.0 Å². The summed E-state index contributed by atoms with van der Waals surface area (Å²) in [6.07, 6.45) is 0. The van der Waals surface area contributed by atoms with E-state index >= 15 is 0 Å². The maximum atomic E-state index is 6.15. The Morgan fingerprint density at radius 1 is 1.20 bits per heavy atom. The predicted octanol–water partition coefficient (Wildman–Crippen LogP) is 3.44. The predicted molar refractivity (Wildman–Crippen MR) is 90.5 cm³/mol. The summed E-state index contributed by atoms with van der Waals surface area (Å²) < 4.78 is 0. The van der Waals surface area contributed by atoms with Gasteiger partial charge in [0.1, 0.15) is 0 Å². The van der Waals surface area contributed by atoms with E-state index in [4.69, 9.17) is 5.73 Å². The summed E-state index contributed by atoms with van der Waals surface area (Å²) in [6.45, 7) is 13.1. The van der Waals surface area contributed by atoms with Gasteiger partial charge in [0.2, 0.25) is 0 Å². The van der Waals surface area contributed by atoms with Gasteiger partial charge in [-0.05, 0) is 49.9 Å². The van der Waals surface area contributed by atoms with Crippen molar-refractivity contribution in [1.82, 2.24) is 4.90 Å². The van der Waals surface area contributed by atoms with Gasteiger partial charge in [-0.25, -0.2) is 0 Å². The average Bonchev–Trinajstić information content (AvgIpc) is 2.41. The van der Waals surface area contributed by atoms with E-state index in [1.807, 2.05) is 0 Å². The Hall–Kier alpha value is -0.510. The molecule has 3 unspecified atom stereocenters. The Kier molecular flexibility index (Phi) is 5.16. The van der Waals surface area contributed by atoms with E-state index in [0.29, 0.717) is 23.9 Å². The topological polar surface area (TPSA) is 29.3 Å². The SMILES string of the molecule is Cc1cc(C)c(C(CN)N2CCSC(C)C2C)cc1C. The molecular weight excluding hydrogens is 264 g/mol.